The van der Waals surface area contributed by atoms with E-state index in [2.05, 4.69) is 15.9 Å². The van der Waals surface area contributed by atoms with Crippen LogP contribution in [0, 0.1) is 5.82 Å². The van der Waals surface area contributed by atoms with Crippen LogP contribution in [0.4, 0.5) is 17.6 Å². The molecule has 19 heavy (non-hydrogen) atoms. The number of thiophene rings is 1. The number of hydrogen-bond donors (Lipinski definition) is 0. The predicted octanol–water partition coefficient (Wildman–Crippen LogP) is 6.04. The molecule has 0 saturated carbocycles. The first-order valence-electron chi connectivity index (χ1n) is 5.05. The van der Waals surface area contributed by atoms with Crippen LogP contribution in [0.1, 0.15) is 20.8 Å². The Morgan fingerprint density at radius 1 is 1.16 bits per heavy atom. The molecule has 1 heterocycles. The lowest BCUT2D eigenvalue weighted by Gasteiger charge is -2.13. The third kappa shape index (κ3) is 3.30. The molecule has 0 radical (unpaired) electrons. The molecule has 0 nitrogen and oxygen atoms in total. The number of rotatable bonds is 2. The van der Waals surface area contributed by atoms with Crippen LogP contribution >= 0.6 is 38.9 Å². The minimum atomic E-state index is -4.50. The summed E-state index contributed by atoms with van der Waals surface area (Å²) in [6.07, 6.45) is -4.50. The molecule has 1 aromatic heterocycles. The standard InChI is InChI=1S/C12H6BrClF4S/c13-11(9-3-4-10(14)19-9)7-5-6(12(16,17)18)1-2-8(7)15/h1-5,11H. The molecule has 0 aliphatic rings. The Hall–Kier alpha value is -0.590. The second kappa shape index (κ2) is 5.42. The fourth-order valence-electron chi connectivity index (χ4n) is 1.53. The summed E-state index contributed by atoms with van der Waals surface area (Å²) in [5, 5.41) is 0. The zero-order valence-electron chi connectivity index (χ0n) is 9.14. The van der Waals surface area contributed by atoms with Gasteiger partial charge in [0.2, 0.25) is 0 Å². The maximum absolute atomic E-state index is 13.7. The van der Waals surface area contributed by atoms with Crippen LogP contribution in [0.3, 0.4) is 0 Å². The van der Waals surface area contributed by atoms with Gasteiger partial charge in [-0.05, 0) is 30.3 Å². The molecule has 1 aromatic carbocycles. The molecule has 0 bridgehead atoms. The molecule has 0 fully saturated rings. The van der Waals surface area contributed by atoms with E-state index in [1.54, 1.807) is 12.1 Å². The second-order valence-corrected chi connectivity index (χ2v) is 6.40. The smallest absolute Gasteiger partial charge is 0.207 e. The monoisotopic (exact) mass is 372 g/mol. The molecule has 0 spiro atoms. The highest BCUT2D eigenvalue weighted by molar-refractivity contribution is 9.09. The van der Waals surface area contributed by atoms with Crippen molar-refractivity contribution in [1.29, 1.82) is 0 Å². The minimum absolute atomic E-state index is 0.0617. The van der Waals surface area contributed by atoms with Gasteiger partial charge in [0.05, 0.1) is 14.7 Å². The summed E-state index contributed by atoms with van der Waals surface area (Å²) in [5.41, 5.74) is -0.940. The first-order chi connectivity index (χ1) is 8.79. The van der Waals surface area contributed by atoms with Crippen LogP contribution in [-0.2, 0) is 6.18 Å². The SMILES string of the molecule is Fc1ccc(C(F)(F)F)cc1C(Br)c1ccc(Cl)s1. The van der Waals surface area contributed by atoms with E-state index in [0.29, 0.717) is 9.21 Å². The van der Waals surface area contributed by atoms with E-state index in [-0.39, 0.29) is 5.56 Å². The van der Waals surface area contributed by atoms with Crippen LogP contribution in [-0.4, -0.2) is 0 Å². The van der Waals surface area contributed by atoms with Crippen molar-refractivity contribution in [2.75, 3.05) is 0 Å². The van der Waals surface area contributed by atoms with Crippen LogP contribution in [0.25, 0.3) is 0 Å². The largest absolute Gasteiger partial charge is 0.416 e. The van der Waals surface area contributed by atoms with E-state index in [1.165, 1.54) is 11.3 Å². The average Bonchev–Trinajstić information content (AvgIpc) is 2.74. The van der Waals surface area contributed by atoms with Crippen molar-refractivity contribution in [2.24, 2.45) is 0 Å². The van der Waals surface area contributed by atoms with Crippen LogP contribution in [0.5, 0.6) is 0 Å². The maximum atomic E-state index is 13.7. The summed E-state index contributed by atoms with van der Waals surface area (Å²) in [4.78, 5) is -0.0180. The van der Waals surface area contributed by atoms with Crippen molar-refractivity contribution >= 4 is 38.9 Å². The summed E-state index contributed by atoms with van der Waals surface area (Å²) in [6, 6.07) is 5.61. The average molecular weight is 374 g/mol. The Balaban J connectivity index is 2.44. The van der Waals surface area contributed by atoms with Gasteiger partial charge < -0.3 is 0 Å². The maximum Gasteiger partial charge on any atom is 0.416 e. The van der Waals surface area contributed by atoms with Gasteiger partial charge in [-0.1, -0.05) is 27.5 Å². The van der Waals surface area contributed by atoms with Crippen molar-refractivity contribution in [3.63, 3.8) is 0 Å². The number of hydrogen-bond acceptors (Lipinski definition) is 1. The molecule has 102 valence electrons. The quantitative estimate of drug-likeness (QED) is 0.444. The topological polar surface area (TPSA) is 0 Å². The summed E-state index contributed by atoms with van der Waals surface area (Å²) < 4.78 is 52.0. The summed E-state index contributed by atoms with van der Waals surface area (Å²) >= 11 is 10.1. The number of benzene rings is 1. The molecule has 0 N–H and O–H groups in total. The Bertz CT molecular complexity index is 594. The van der Waals surface area contributed by atoms with Gasteiger partial charge >= 0.3 is 6.18 Å². The first kappa shape index (κ1) is 14.8. The lowest BCUT2D eigenvalue weighted by Crippen LogP contribution is -2.07. The van der Waals surface area contributed by atoms with Crippen molar-refractivity contribution in [3.05, 3.63) is 56.5 Å². The van der Waals surface area contributed by atoms with Crippen molar-refractivity contribution in [3.8, 4) is 0 Å². The zero-order valence-corrected chi connectivity index (χ0v) is 12.3. The van der Waals surface area contributed by atoms with Gasteiger partial charge in [-0.2, -0.15) is 13.2 Å². The lowest BCUT2D eigenvalue weighted by molar-refractivity contribution is -0.137. The molecule has 0 aliphatic heterocycles. The van der Waals surface area contributed by atoms with Gasteiger partial charge in [0, 0.05) is 10.4 Å². The highest BCUT2D eigenvalue weighted by Crippen LogP contribution is 2.40. The van der Waals surface area contributed by atoms with Crippen molar-refractivity contribution < 1.29 is 17.6 Å². The Kier molecular flexibility index (Phi) is 4.23. The number of alkyl halides is 4. The summed E-state index contributed by atoms with van der Waals surface area (Å²) in [6.45, 7) is 0. The molecule has 2 aromatic rings. The van der Waals surface area contributed by atoms with Crippen LogP contribution in [0.2, 0.25) is 4.34 Å². The Morgan fingerprint density at radius 3 is 2.37 bits per heavy atom. The summed E-state index contributed by atoms with van der Waals surface area (Å²) in [7, 11) is 0. The fourth-order valence-corrected chi connectivity index (χ4v) is 3.37. The second-order valence-electron chi connectivity index (χ2n) is 3.74. The van der Waals surface area contributed by atoms with Gasteiger partial charge in [0.15, 0.2) is 0 Å². The highest BCUT2D eigenvalue weighted by Gasteiger charge is 2.32. The highest BCUT2D eigenvalue weighted by atomic mass is 79.9. The third-order valence-electron chi connectivity index (χ3n) is 2.44. The van der Waals surface area contributed by atoms with E-state index < -0.39 is 22.4 Å². The predicted molar refractivity (Wildman–Crippen MR) is 71.5 cm³/mol. The molecule has 1 atom stereocenters. The van der Waals surface area contributed by atoms with Crippen molar-refractivity contribution in [2.45, 2.75) is 11.0 Å². The van der Waals surface area contributed by atoms with Crippen LogP contribution < -0.4 is 0 Å². The molecular formula is C12H6BrClF4S. The van der Waals surface area contributed by atoms with E-state index in [9.17, 15) is 17.6 Å². The molecular weight excluding hydrogens is 368 g/mol. The van der Waals surface area contributed by atoms with Crippen molar-refractivity contribution in [1.82, 2.24) is 0 Å². The van der Waals surface area contributed by atoms with E-state index in [4.69, 9.17) is 11.6 Å². The molecule has 0 saturated heterocycles. The van der Waals surface area contributed by atoms with E-state index >= 15 is 0 Å². The Morgan fingerprint density at radius 2 is 1.84 bits per heavy atom. The van der Waals surface area contributed by atoms with Crippen LogP contribution in [0.15, 0.2) is 30.3 Å². The molecule has 0 aliphatic carbocycles. The van der Waals surface area contributed by atoms with Gasteiger partial charge in [-0.25, -0.2) is 4.39 Å². The Labute approximate surface area is 124 Å². The number of halogens is 6. The van der Waals surface area contributed by atoms with E-state index in [1.807, 2.05) is 0 Å². The van der Waals surface area contributed by atoms with Gasteiger partial charge in [-0.3, -0.25) is 0 Å². The lowest BCUT2D eigenvalue weighted by atomic mass is 10.1. The van der Waals surface area contributed by atoms with Gasteiger partial charge in [0.1, 0.15) is 5.82 Å². The third-order valence-corrected chi connectivity index (χ3v) is 5.03. The molecule has 2 rings (SSSR count). The summed E-state index contributed by atoms with van der Waals surface area (Å²) in [5.74, 6) is -0.695. The molecule has 1 unspecified atom stereocenters. The van der Waals surface area contributed by atoms with E-state index in [0.717, 1.165) is 18.2 Å². The molecule has 7 heteroatoms. The first-order valence-corrected chi connectivity index (χ1v) is 7.16. The van der Waals surface area contributed by atoms with Gasteiger partial charge in [0.25, 0.3) is 0 Å². The minimum Gasteiger partial charge on any atom is -0.207 e. The normalized spacial score (nSPS) is 13.6. The fraction of sp³-hybridized carbons (Fsp3) is 0.167. The molecule has 0 amide bonds. The van der Waals surface area contributed by atoms with Gasteiger partial charge in [-0.15, -0.1) is 11.3 Å². The zero-order chi connectivity index (χ0) is 14.2.